The van der Waals surface area contributed by atoms with Gasteiger partial charge in [0, 0.05) is 11.4 Å². The third-order valence-electron chi connectivity index (χ3n) is 3.12. The van der Waals surface area contributed by atoms with Crippen molar-refractivity contribution in [1.29, 1.82) is 0 Å². The van der Waals surface area contributed by atoms with E-state index in [1.807, 2.05) is 0 Å². The number of aromatic nitrogens is 1. The molecule has 1 aromatic carbocycles. The van der Waals surface area contributed by atoms with Crippen LogP contribution in [0, 0.1) is 0 Å². The topological polar surface area (TPSA) is 24.9 Å². The van der Waals surface area contributed by atoms with E-state index in [-0.39, 0.29) is 0 Å². The van der Waals surface area contributed by atoms with Crippen LogP contribution in [-0.4, -0.2) is 11.5 Å². The van der Waals surface area contributed by atoms with Crippen LogP contribution < -0.4 is 5.32 Å². The summed E-state index contributed by atoms with van der Waals surface area (Å²) < 4.78 is 0. The van der Waals surface area contributed by atoms with Crippen molar-refractivity contribution in [2.45, 2.75) is 39.5 Å². The van der Waals surface area contributed by atoms with E-state index in [9.17, 15) is 0 Å². The molecule has 1 aromatic heterocycles. The minimum absolute atomic E-state index is 0.567. The molecule has 0 unspecified atom stereocenters. The molecule has 2 nitrogen and oxygen atoms in total. The molecule has 0 atom stereocenters. The molecular formula is C16H22N2S. The number of rotatable bonds is 6. The fourth-order valence-corrected chi connectivity index (χ4v) is 3.18. The number of hydrogen-bond donors (Lipinski definition) is 1. The minimum Gasteiger partial charge on any atom is -0.361 e. The van der Waals surface area contributed by atoms with Gasteiger partial charge in [-0.3, -0.25) is 0 Å². The van der Waals surface area contributed by atoms with Crippen molar-refractivity contribution >= 4 is 16.5 Å². The number of nitrogens with zero attached hydrogens (tertiary/aromatic N) is 1. The van der Waals surface area contributed by atoms with E-state index < -0.39 is 0 Å². The van der Waals surface area contributed by atoms with Gasteiger partial charge in [0.15, 0.2) is 5.13 Å². The van der Waals surface area contributed by atoms with Crippen molar-refractivity contribution in [3.8, 4) is 0 Å². The van der Waals surface area contributed by atoms with Crippen LogP contribution in [0.2, 0.25) is 0 Å². The first kappa shape index (κ1) is 14.1. The summed E-state index contributed by atoms with van der Waals surface area (Å²) in [5, 5.41) is 4.52. The van der Waals surface area contributed by atoms with Crippen LogP contribution in [0.1, 0.15) is 42.8 Å². The summed E-state index contributed by atoms with van der Waals surface area (Å²) in [6.07, 6.45) is 2.06. The highest BCUT2D eigenvalue weighted by Crippen LogP contribution is 2.29. The Hall–Kier alpha value is -1.35. The molecule has 0 saturated heterocycles. The highest BCUT2D eigenvalue weighted by Gasteiger charge is 2.12. The van der Waals surface area contributed by atoms with E-state index in [0.29, 0.717) is 5.92 Å². The highest BCUT2D eigenvalue weighted by atomic mass is 32.1. The molecule has 0 spiro atoms. The van der Waals surface area contributed by atoms with E-state index >= 15 is 0 Å². The average Bonchev–Trinajstić information content (AvgIpc) is 2.83. The van der Waals surface area contributed by atoms with Crippen molar-refractivity contribution < 1.29 is 0 Å². The lowest BCUT2D eigenvalue weighted by Crippen LogP contribution is -2.04. The Kier molecular flexibility index (Phi) is 4.97. The standard InChI is InChI=1S/C16H22N2S/c1-4-14-15(12(2)3)19-16(18-14)17-11-10-13-8-6-5-7-9-13/h5-9,12H,4,10-11H2,1-3H3,(H,17,18). The van der Waals surface area contributed by atoms with Crippen LogP contribution >= 0.6 is 11.3 Å². The van der Waals surface area contributed by atoms with E-state index in [1.165, 1.54) is 16.1 Å². The molecule has 0 saturated carbocycles. The third-order valence-corrected chi connectivity index (χ3v) is 4.48. The fraction of sp³-hybridized carbons (Fsp3) is 0.438. The van der Waals surface area contributed by atoms with Crippen LogP contribution in [0.3, 0.4) is 0 Å². The predicted molar refractivity (Wildman–Crippen MR) is 84.2 cm³/mol. The van der Waals surface area contributed by atoms with Gasteiger partial charge in [-0.1, -0.05) is 51.1 Å². The first-order chi connectivity index (χ1) is 9.20. The average molecular weight is 274 g/mol. The van der Waals surface area contributed by atoms with Gasteiger partial charge in [0.1, 0.15) is 0 Å². The lowest BCUT2D eigenvalue weighted by Gasteiger charge is -2.02. The van der Waals surface area contributed by atoms with E-state index in [4.69, 9.17) is 0 Å². The molecule has 1 N–H and O–H groups in total. The molecule has 0 aliphatic rings. The van der Waals surface area contributed by atoms with Gasteiger partial charge in [-0.15, -0.1) is 11.3 Å². The molecule has 0 bridgehead atoms. The fourth-order valence-electron chi connectivity index (χ4n) is 2.10. The maximum atomic E-state index is 4.69. The van der Waals surface area contributed by atoms with E-state index in [1.54, 1.807) is 11.3 Å². The second kappa shape index (κ2) is 6.71. The Morgan fingerprint density at radius 2 is 1.95 bits per heavy atom. The maximum absolute atomic E-state index is 4.69. The number of nitrogens with one attached hydrogen (secondary N) is 1. The molecule has 0 aliphatic heterocycles. The summed E-state index contributed by atoms with van der Waals surface area (Å²) in [5.41, 5.74) is 2.62. The Morgan fingerprint density at radius 3 is 2.53 bits per heavy atom. The summed E-state index contributed by atoms with van der Waals surface area (Å²) in [5.74, 6) is 0.567. The van der Waals surface area contributed by atoms with Gasteiger partial charge < -0.3 is 5.32 Å². The molecule has 0 fully saturated rings. The monoisotopic (exact) mass is 274 g/mol. The molecule has 3 heteroatoms. The number of thiazole rings is 1. The van der Waals surface area contributed by atoms with Crippen molar-refractivity contribution in [3.05, 3.63) is 46.5 Å². The summed E-state index contributed by atoms with van der Waals surface area (Å²) in [4.78, 5) is 6.11. The Morgan fingerprint density at radius 1 is 1.21 bits per heavy atom. The normalized spacial score (nSPS) is 10.9. The predicted octanol–water partition coefficient (Wildman–Crippen LogP) is 4.48. The van der Waals surface area contributed by atoms with Gasteiger partial charge in [-0.25, -0.2) is 4.98 Å². The summed E-state index contributed by atoms with van der Waals surface area (Å²) in [6.45, 7) is 7.59. The summed E-state index contributed by atoms with van der Waals surface area (Å²) in [6, 6.07) is 10.6. The Balaban J connectivity index is 1.93. The molecule has 0 radical (unpaired) electrons. The largest absolute Gasteiger partial charge is 0.361 e. The lowest BCUT2D eigenvalue weighted by atomic mass is 10.1. The summed E-state index contributed by atoms with van der Waals surface area (Å²) >= 11 is 1.81. The van der Waals surface area contributed by atoms with Gasteiger partial charge >= 0.3 is 0 Å². The highest BCUT2D eigenvalue weighted by molar-refractivity contribution is 7.15. The van der Waals surface area contributed by atoms with Crippen LogP contribution in [0.5, 0.6) is 0 Å². The number of aryl methyl sites for hydroxylation is 1. The van der Waals surface area contributed by atoms with Gasteiger partial charge in [-0.05, 0) is 24.3 Å². The second-order valence-corrected chi connectivity index (χ2v) is 6.03. The molecule has 0 aliphatic carbocycles. The molecule has 102 valence electrons. The number of benzene rings is 1. The third kappa shape index (κ3) is 3.80. The molecule has 2 rings (SSSR count). The van der Waals surface area contributed by atoms with Gasteiger partial charge in [0.2, 0.25) is 0 Å². The zero-order chi connectivity index (χ0) is 13.7. The van der Waals surface area contributed by atoms with Crippen LogP contribution in [0.15, 0.2) is 30.3 Å². The first-order valence-electron chi connectivity index (χ1n) is 6.98. The van der Waals surface area contributed by atoms with Crippen molar-refractivity contribution in [3.63, 3.8) is 0 Å². The first-order valence-corrected chi connectivity index (χ1v) is 7.79. The van der Waals surface area contributed by atoms with Crippen molar-refractivity contribution in [2.24, 2.45) is 0 Å². The van der Waals surface area contributed by atoms with Gasteiger partial charge in [0.05, 0.1) is 5.69 Å². The zero-order valence-corrected chi connectivity index (χ0v) is 12.8. The van der Waals surface area contributed by atoms with Crippen LogP contribution in [0.4, 0.5) is 5.13 Å². The summed E-state index contributed by atoms with van der Waals surface area (Å²) in [7, 11) is 0. The van der Waals surface area contributed by atoms with E-state index in [0.717, 1.165) is 24.5 Å². The molecule has 19 heavy (non-hydrogen) atoms. The minimum atomic E-state index is 0.567. The number of anilines is 1. The number of hydrogen-bond acceptors (Lipinski definition) is 3. The van der Waals surface area contributed by atoms with Crippen LogP contribution in [0.25, 0.3) is 0 Å². The second-order valence-electron chi connectivity index (χ2n) is 5.00. The Labute approximate surface area is 119 Å². The molecule has 1 heterocycles. The SMILES string of the molecule is CCc1nc(NCCc2ccccc2)sc1C(C)C. The van der Waals surface area contributed by atoms with Gasteiger partial charge in [0.25, 0.3) is 0 Å². The van der Waals surface area contributed by atoms with Crippen molar-refractivity contribution in [1.82, 2.24) is 4.98 Å². The smallest absolute Gasteiger partial charge is 0.183 e. The molecular weight excluding hydrogens is 252 g/mol. The zero-order valence-electron chi connectivity index (χ0n) is 11.9. The lowest BCUT2D eigenvalue weighted by molar-refractivity contribution is 0.856. The molecule has 0 amide bonds. The molecule has 2 aromatic rings. The van der Waals surface area contributed by atoms with Crippen LogP contribution in [-0.2, 0) is 12.8 Å². The Bertz CT molecular complexity index is 503. The van der Waals surface area contributed by atoms with E-state index in [2.05, 4.69) is 61.4 Å². The van der Waals surface area contributed by atoms with Gasteiger partial charge in [-0.2, -0.15) is 0 Å². The maximum Gasteiger partial charge on any atom is 0.183 e. The quantitative estimate of drug-likeness (QED) is 0.840. The van der Waals surface area contributed by atoms with Crippen molar-refractivity contribution in [2.75, 3.05) is 11.9 Å².